The average molecular weight is 299 g/mol. The van der Waals surface area contributed by atoms with Crippen molar-refractivity contribution >= 4 is 6.09 Å². The summed E-state index contributed by atoms with van der Waals surface area (Å²) in [4.78, 5) is 14.2. The van der Waals surface area contributed by atoms with Crippen molar-refractivity contribution < 1.29 is 19.0 Å². The highest BCUT2D eigenvalue weighted by molar-refractivity contribution is 5.70. The average Bonchev–Trinajstić information content (AvgIpc) is 2.63. The van der Waals surface area contributed by atoms with Crippen molar-refractivity contribution in [2.75, 3.05) is 13.7 Å². The molecule has 1 fully saturated rings. The molecule has 0 spiro atoms. The fourth-order valence-electron chi connectivity index (χ4n) is 2.55. The van der Waals surface area contributed by atoms with Gasteiger partial charge in [-0.2, -0.15) is 0 Å². The van der Waals surface area contributed by atoms with Crippen LogP contribution in [0, 0.1) is 0 Å². The SMILES string of the molecule is C=CCC(C)(OC)[C@H]1COC(C)(C)N1C(=O)OC(C)(C)C. The Morgan fingerprint density at radius 2 is 2.00 bits per heavy atom. The van der Waals surface area contributed by atoms with Gasteiger partial charge in [-0.05, 0) is 48.0 Å². The van der Waals surface area contributed by atoms with Gasteiger partial charge in [-0.1, -0.05) is 6.08 Å². The molecule has 0 aromatic rings. The maximum absolute atomic E-state index is 12.6. The molecule has 0 aromatic carbocycles. The summed E-state index contributed by atoms with van der Waals surface area (Å²) >= 11 is 0. The Balaban J connectivity index is 3.09. The van der Waals surface area contributed by atoms with Crippen LogP contribution in [-0.2, 0) is 14.2 Å². The zero-order chi connectivity index (χ0) is 16.5. The second-order valence-electron chi connectivity index (χ2n) is 7.13. The van der Waals surface area contributed by atoms with E-state index in [-0.39, 0.29) is 12.1 Å². The second-order valence-corrected chi connectivity index (χ2v) is 7.13. The van der Waals surface area contributed by atoms with Gasteiger partial charge in [-0.25, -0.2) is 4.79 Å². The predicted octanol–water partition coefficient (Wildman–Crippen LogP) is 3.34. The van der Waals surface area contributed by atoms with E-state index in [1.54, 1.807) is 18.1 Å². The third kappa shape index (κ3) is 3.98. The van der Waals surface area contributed by atoms with E-state index in [0.29, 0.717) is 13.0 Å². The molecule has 122 valence electrons. The molecule has 5 heteroatoms. The van der Waals surface area contributed by atoms with Crippen LogP contribution in [0.25, 0.3) is 0 Å². The Morgan fingerprint density at radius 1 is 1.43 bits per heavy atom. The molecular formula is C16H29NO4. The van der Waals surface area contributed by atoms with Gasteiger partial charge >= 0.3 is 6.09 Å². The van der Waals surface area contributed by atoms with Crippen LogP contribution in [-0.4, -0.2) is 47.7 Å². The normalized spacial score (nSPS) is 24.5. The van der Waals surface area contributed by atoms with E-state index in [1.165, 1.54) is 0 Å². The van der Waals surface area contributed by atoms with E-state index in [2.05, 4.69) is 6.58 Å². The maximum atomic E-state index is 12.6. The number of methoxy groups -OCH3 is 1. The Kier molecular flexibility index (Phi) is 5.11. The molecule has 1 aliphatic rings. The molecule has 1 amide bonds. The lowest BCUT2D eigenvalue weighted by atomic mass is 9.91. The summed E-state index contributed by atoms with van der Waals surface area (Å²) in [7, 11) is 1.64. The third-order valence-electron chi connectivity index (χ3n) is 3.80. The molecule has 1 unspecified atom stereocenters. The van der Waals surface area contributed by atoms with Gasteiger partial charge < -0.3 is 14.2 Å². The molecule has 21 heavy (non-hydrogen) atoms. The molecular weight excluding hydrogens is 270 g/mol. The molecule has 2 atom stereocenters. The highest BCUT2D eigenvalue weighted by atomic mass is 16.6. The Labute approximate surface area is 128 Å². The Hall–Kier alpha value is -1.07. The number of hydrogen-bond donors (Lipinski definition) is 0. The number of hydrogen-bond acceptors (Lipinski definition) is 4. The number of ether oxygens (including phenoxy) is 3. The van der Waals surface area contributed by atoms with E-state index in [4.69, 9.17) is 14.2 Å². The van der Waals surface area contributed by atoms with Crippen LogP contribution in [0.3, 0.4) is 0 Å². The standard InChI is InChI=1S/C16H29NO4/c1-9-10-16(7,19-8)12-11-20-15(5,6)17(12)13(18)21-14(2,3)4/h9,12H,1,10-11H2,2-8H3/t12-,16?/m1/s1. The number of rotatable bonds is 4. The summed E-state index contributed by atoms with van der Waals surface area (Å²) in [6.45, 7) is 15.4. The zero-order valence-electron chi connectivity index (χ0n) is 14.4. The molecule has 0 saturated carbocycles. The minimum absolute atomic E-state index is 0.231. The van der Waals surface area contributed by atoms with Crippen LogP contribution in [0.5, 0.6) is 0 Å². The fourth-order valence-corrected chi connectivity index (χ4v) is 2.55. The lowest BCUT2D eigenvalue weighted by Crippen LogP contribution is -2.57. The molecule has 0 radical (unpaired) electrons. The number of amides is 1. The number of nitrogens with zero attached hydrogens (tertiary/aromatic N) is 1. The molecule has 1 aliphatic heterocycles. The van der Waals surface area contributed by atoms with Crippen LogP contribution in [0.15, 0.2) is 12.7 Å². The lowest BCUT2D eigenvalue weighted by Gasteiger charge is -2.41. The quantitative estimate of drug-likeness (QED) is 0.747. The van der Waals surface area contributed by atoms with Crippen molar-refractivity contribution in [3.8, 4) is 0 Å². The van der Waals surface area contributed by atoms with E-state index in [1.807, 2.05) is 41.5 Å². The monoisotopic (exact) mass is 299 g/mol. The largest absolute Gasteiger partial charge is 0.444 e. The molecule has 0 N–H and O–H groups in total. The summed E-state index contributed by atoms with van der Waals surface area (Å²) in [5.74, 6) is 0. The van der Waals surface area contributed by atoms with Gasteiger partial charge in [0.2, 0.25) is 0 Å². The first-order valence-electron chi connectivity index (χ1n) is 7.29. The minimum Gasteiger partial charge on any atom is -0.444 e. The van der Waals surface area contributed by atoms with E-state index < -0.39 is 16.9 Å². The van der Waals surface area contributed by atoms with Gasteiger partial charge in [0, 0.05) is 7.11 Å². The summed E-state index contributed by atoms with van der Waals surface area (Å²) in [6.07, 6.45) is 2.02. The van der Waals surface area contributed by atoms with Crippen molar-refractivity contribution in [3.63, 3.8) is 0 Å². The van der Waals surface area contributed by atoms with Crippen molar-refractivity contribution in [3.05, 3.63) is 12.7 Å². The molecule has 0 aromatic heterocycles. The minimum atomic E-state index is -0.728. The van der Waals surface area contributed by atoms with Crippen LogP contribution in [0.1, 0.15) is 48.0 Å². The summed E-state index contributed by atoms with van der Waals surface area (Å²) in [5.41, 5.74) is -1.84. The lowest BCUT2D eigenvalue weighted by molar-refractivity contribution is -0.0868. The van der Waals surface area contributed by atoms with Gasteiger partial charge in [-0.3, -0.25) is 4.90 Å². The second kappa shape index (κ2) is 5.97. The summed E-state index contributed by atoms with van der Waals surface area (Å²) < 4.78 is 17.0. The van der Waals surface area contributed by atoms with E-state index in [0.717, 1.165) is 0 Å². The smallest absolute Gasteiger partial charge is 0.413 e. The molecule has 0 bridgehead atoms. The van der Waals surface area contributed by atoms with Crippen LogP contribution >= 0.6 is 0 Å². The summed E-state index contributed by atoms with van der Waals surface area (Å²) in [6, 6.07) is -0.231. The van der Waals surface area contributed by atoms with Crippen molar-refractivity contribution in [2.24, 2.45) is 0 Å². The third-order valence-corrected chi connectivity index (χ3v) is 3.80. The topological polar surface area (TPSA) is 48.0 Å². The highest BCUT2D eigenvalue weighted by Crippen LogP contribution is 2.37. The van der Waals surface area contributed by atoms with Gasteiger partial charge in [0.15, 0.2) is 0 Å². The van der Waals surface area contributed by atoms with Gasteiger partial charge in [0.05, 0.1) is 18.2 Å². The highest BCUT2D eigenvalue weighted by Gasteiger charge is 2.52. The Morgan fingerprint density at radius 3 is 2.43 bits per heavy atom. The Bertz CT molecular complexity index is 400. The van der Waals surface area contributed by atoms with Crippen LogP contribution < -0.4 is 0 Å². The van der Waals surface area contributed by atoms with Gasteiger partial charge in [-0.15, -0.1) is 6.58 Å². The van der Waals surface area contributed by atoms with E-state index in [9.17, 15) is 4.79 Å². The molecule has 1 saturated heterocycles. The first-order valence-corrected chi connectivity index (χ1v) is 7.29. The van der Waals surface area contributed by atoms with Crippen molar-refractivity contribution in [1.82, 2.24) is 4.90 Å². The van der Waals surface area contributed by atoms with Crippen LogP contribution in [0.4, 0.5) is 4.79 Å². The summed E-state index contributed by atoms with van der Waals surface area (Å²) in [5, 5.41) is 0. The molecule has 0 aliphatic carbocycles. The molecule has 1 heterocycles. The van der Waals surface area contributed by atoms with Crippen molar-refractivity contribution in [1.29, 1.82) is 0 Å². The molecule has 5 nitrogen and oxygen atoms in total. The van der Waals surface area contributed by atoms with E-state index >= 15 is 0 Å². The maximum Gasteiger partial charge on any atom is 0.413 e. The van der Waals surface area contributed by atoms with Gasteiger partial charge in [0.1, 0.15) is 11.3 Å². The zero-order valence-corrected chi connectivity index (χ0v) is 14.4. The van der Waals surface area contributed by atoms with Crippen molar-refractivity contribution in [2.45, 2.75) is 70.9 Å². The number of carbonyl (C=O) groups excluding carboxylic acids is 1. The van der Waals surface area contributed by atoms with Crippen LogP contribution in [0.2, 0.25) is 0 Å². The molecule has 1 rings (SSSR count). The number of carbonyl (C=O) groups is 1. The van der Waals surface area contributed by atoms with Gasteiger partial charge in [0.25, 0.3) is 0 Å². The predicted molar refractivity (Wildman–Crippen MR) is 82.1 cm³/mol. The first-order chi connectivity index (χ1) is 9.47. The fraction of sp³-hybridized carbons (Fsp3) is 0.812. The first kappa shape index (κ1) is 18.0.